The Hall–Kier alpha value is -1.15. The van der Waals surface area contributed by atoms with Crippen molar-refractivity contribution in [2.45, 2.75) is 6.92 Å². The second kappa shape index (κ2) is 7.18. The second-order valence-corrected chi connectivity index (χ2v) is 3.15. The van der Waals surface area contributed by atoms with Crippen molar-refractivity contribution in [3.8, 4) is 11.5 Å². The van der Waals surface area contributed by atoms with Crippen LogP contribution in [0.3, 0.4) is 0 Å². The van der Waals surface area contributed by atoms with E-state index in [4.69, 9.17) is 21.1 Å². The van der Waals surface area contributed by atoms with Gasteiger partial charge < -0.3 is 9.47 Å². The molecule has 3 heteroatoms. The third-order valence-corrected chi connectivity index (χ3v) is 1.91. The molecule has 0 heterocycles. The van der Waals surface area contributed by atoms with Gasteiger partial charge in [0, 0.05) is 5.88 Å². The predicted octanol–water partition coefficient (Wildman–Crippen LogP) is 3.26. The largest absolute Gasteiger partial charge is 0.494 e. The van der Waals surface area contributed by atoms with Crippen molar-refractivity contribution < 1.29 is 9.47 Å². The Kier molecular flexibility index (Phi) is 5.71. The van der Waals surface area contributed by atoms with Gasteiger partial charge in [0.1, 0.15) is 18.1 Å². The molecule has 0 amide bonds. The van der Waals surface area contributed by atoms with Crippen molar-refractivity contribution in [1.29, 1.82) is 0 Å². The fourth-order valence-electron chi connectivity index (χ4n) is 1.07. The number of alkyl halides is 1. The van der Waals surface area contributed by atoms with E-state index in [9.17, 15) is 0 Å². The van der Waals surface area contributed by atoms with Crippen LogP contribution in [0.2, 0.25) is 0 Å². The van der Waals surface area contributed by atoms with Crippen LogP contribution < -0.4 is 9.47 Å². The summed E-state index contributed by atoms with van der Waals surface area (Å²) in [5, 5.41) is 0. The molecule has 0 atom stereocenters. The minimum Gasteiger partial charge on any atom is -0.494 e. The molecule has 0 aliphatic rings. The lowest BCUT2D eigenvalue weighted by Crippen LogP contribution is -1.94. The van der Waals surface area contributed by atoms with E-state index in [1.54, 1.807) is 0 Å². The first-order valence-electron chi connectivity index (χ1n) is 4.93. The van der Waals surface area contributed by atoms with Gasteiger partial charge in [-0.1, -0.05) is 12.2 Å². The van der Waals surface area contributed by atoms with Gasteiger partial charge in [-0.05, 0) is 31.2 Å². The Labute approximate surface area is 95.5 Å². The quantitative estimate of drug-likeness (QED) is 0.548. The van der Waals surface area contributed by atoms with Crippen LogP contribution in [0.4, 0.5) is 0 Å². The first-order chi connectivity index (χ1) is 7.36. The van der Waals surface area contributed by atoms with E-state index in [1.807, 2.05) is 43.3 Å². The number of halogens is 1. The Balaban J connectivity index is 2.39. The van der Waals surface area contributed by atoms with Gasteiger partial charge in [0.25, 0.3) is 0 Å². The highest BCUT2D eigenvalue weighted by atomic mass is 35.5. The lowest BCUT2D eigenvalue weighted by atomic mass is 10.3. The minimum absolute atomic E-state index is 0.520. The van der Waals surface area contributed by atoms with E-state index in [2.05, 4.69) is 0 Å². The average molecular weight is 227 g/mol. The SMILES string of the molecule is CCOc1ccc(OCC=CCCl)cc1. The van der Waals surface area contributed by atoms with Crippen LogP contribution in [0.25, 0.3) is 0 Å². The molecule has 0 fully saturated rings. The van der Waals surface area contributed by atoms with Crippen LogP contribution in [-0.4, -0.2) is 19.1 Å². The molecule has 0 aliphatic carbocycles. The Bertz CT molecular complexity index is 293. The lowest BCUT2D eigenvalue weighted by Gasteiger charge is -2.05. The van der Waals surface area contributed by atoms with Gasteiger partial charge in [0.05, 0.1) is 6.61 Å². The number of hydrogen-bond donors (Lipinski definition) is 0. The maximum Gasteiger partial charge on any atom is 0.120 e. The molecule has 1 rings (SSSR count). The van der Waals surface area contributed by atoms with Gasteiger partial charge >= 0.3 is 0 Å². The van der Waals surface area contributed by atoms with Crippen molar-refractivity contribution in [2.24, 2.45) is 0 Å². The van der Waals surface area contributed by atoms with Crippen LogP contribution in [0.5, 0.6) is 11.5 Å². The number of hydrogen-bond acceptors (Lipinski definition) is 2. The molecule has 0 spiro atoms. The van der Waals surface area contributed by atoms with Crippen LogP contribution in [-0.2, 0) is 0 Å². The summed E-state index contributed by atoms with van der Waals surface area (Å²) in [7, 11) is 0. The highest BCUT2D eigenvalue weighted by molar-refractivity contribution is 6.18. The topological polar surface area (TPSA) is 18.5 Å². The number of ether oxygens (including phenoxy) is 2. The fraction of sp³-hybridized carbons (Fsp3) is 0.333. The summed E-state index contributed by atoms with van der Waals surface area (Å²) >= 11 is 5.48. The lowest BCUT2D eigenvalue weighted by molar-refractivity contribution is 0.336. The van der Waals surface area contributed by atoms with Gasteiger partial charge in [-0.2, -0.15) is 0 Å². The number of allylic oxidation sites excluding steroid dienone is 1. The molecule has 0 aromatic heterocycles. The molecule has 0 aliphatic heterocycles. The third-order valence-electron chi connectivity index (χ3n) is 1.74. The fourth-order valence-corrected chi connectivity index (χ4v) is 1.20. The number of rotatable bonds is 6. The molecule has 0 radical (unpaired) electrons. The van der Waals surface area contributed by atoms with E-state index in [1.165, 1.54) is 0 Å². The summed E-state index contributed by atoms with van der Waals surface area (Å²) in [4.78, 5) is 0. The van der Waals surface area contributed by atoms with E-state index in [-0.39, 0.29) is 0 Å². The van der Waals surface area contributed by atoms with Gasteiger partial charge in [0.2, 0.25) is 0 Å². The van der Waals surface area contributed by atoms with Crippen LogP contribution in [0, 0.1) is 0 Å². The molecule has 1 aromatic rings. The highest BCUT2D eigenvalue weighted by Gasteiger charge is 1.93. The first kappa shape index (κ1) is 11.9. The summed E-state index contributed by atoms with van der Waals surface area (Å²) in [6.45, 7) is 3.18. The van der Waals surface area contributed by atoms with Crippen LogP contribution >= 0.6 is 11.6 Å². The zero-order chi connectivity index (χ0) is 10.9. The zero-order valence-electron chi connectivity index (χ0n) is 8.78. The Morgan fingerprint density at radius 2 is 1.67 bits per heavy atom. The standard InChI is InChI=1S/C12H15ClO2/c1-2-14-11-5-7-12(8-6-11)15-10-4-3-9-13/h3-8H,2,9-10H2,1H3. The average Bonchev–Trinajstić information content (AvgIpc) is 2.27. The van der Waals surface area contributed by atoms with Crippen molar-refractivity contribution >= 4 is 11.6 Å². The second-order valence-electron chi connectivity index (χ2n) is 2.84. The molecule has 0 N–H and O–H groups in total. The van der Waals surface area contributed by atoms with E-state index in [0.29, 0.717) is 19.1 Å². The molecule has 0 bridgehead atoms. The smallest absolute Gasteiger partial charge is 0.120 e. The maximum atomic E-state index is 5.48. The van der Waals surface area contributed by atoms with Gasteiger partial charge in [-0.3, -0.25) is 0 Å². The van der Waals surface area contributed by atoms with E-state index in [0.717, 1.165) is 11.5 Å². The van der Waals surface area contributed by atoms with Crippen molar-refractivity contribution in [3.63, 3.8) is 0 Å². The van der Waals surface area contributed by atoms with E-state index < -0.39 is 0 Å². The van der Waals surface area contributed by atoms with Gasteiger partial charge in [0.15, 0.2) is 0 Å². The summed E-state index contributed by atoms with van der Waals surface area (Å²) in [5.74, 6) is 2.21. The molecular formula is C12H15ClO2. The molecule has 2 nitrogen and oxygen atoms in total. The molecule has 82 valence electrons. The highest BCUT2D eigenvalue weighted by Crippen LogP contribution is 2.17. The molecule has 0 saturated heterocycles. The van der Waals surface area contributed by atoms with Crippen molar-refractivity contribution in [1.82, 2.24) is 0 Å². The normalized spacial score (nSPS) is 10.5. The molecular weight excluding hydrogens is 212 g/mol. The Morgan fingerprint density at radius 3 is 2.20 bits per heavy atom. The monoisotopic (exact) mass is 226 g/mol. The van der Waals surface area contributed by atoms with Gasteiger partial charge in [-0.25, -0.2) is 0 Å². The predicted molar refractivity (Wildman–Crippen MR) is 63.0 cm³/mol. The molecule has 0 saturated carbocycles. The third kappa shape index (κ3) is 4.75. The summed E-state index contributed by atoms with van der Waals surface area (Å²) in [6.07, 6.45) is 3.75. The Morgan fingerprint density at radius 1 is 1.07 bits per heavy atom. The maximum absolute atomic E-state index is 5.48. The van der Waals surface area contributed by atoms with Gasteiger partial charge in [-0.15, -0.1) is 11.6 Å². The van der Waals surface area contributed by atoms with Crippen molar-refractivity contribution in [3.05, 3.63) is 36.4 Å². The summed E-state index contributed by atoms with van der Waals surface area (Å²) in [6, 6.07) is 7.56. The van der Waals surface area contributed by atoms with Crippen LogP contribution in [0.15, 0.2) is 36.4 Å². The molecule has 15 heavy (non-hydrogen) atoms. The summed E-state index contributed by atoms with van der Waals surface area (Å²) in [5.41, 5.74) is 0. The van der Waals surface area contributed by atoms with Crippen LogP contribution in [0.1, 0.15) is 6.92 Å². The van der Waals surface area contributed by atoms with E-state index >= 15 is 0 Å². The minimum atomic E-state index is 0.520. The zero-order valence-corrected chi connectivity index (χ0v) is 9.54. The first-order valence-corrected chi connectivity index (χ1v) is 5.47. The molecule has 0 unspecified atom stereocenters. The number of benzene rings is 1. The summed E-state index contributed by atoms with van der Waals surface area (Å²) < 4.78 is 10.8. The van der Waals surface area contributed by atoms with Crippen molar-refractivity contribution in [2.75, 3.05) is 19.1 Å². The molecule has 1 aromatic carbocycles.